The second-order valence-corrected chi connectivity index (χ2v) is 9.19. The average molecular weight is 471 g/mol. The minimum absolute atomic E-state index is 0.0232. The van der Waals surface area contributed by atoms with Crippen molar-refractivity contribution in [3.8, 4) is 0 Å². The standard InChI is InChI=1S/C30H34N2O3/c1-3-19-30(20-4-2)29(34)32(35-22-23-13-7-5-8-14-23)27(25-17-11-12-18-26(25)31-30)21-28(33)24-15-9-6-10-16-24/h5-18,27,31H,3-4,19-22H2,1-2H3. The van der Waals surface area contributed by atoms with Gasteiger partial charge in [-0.2, -0.15) is 0 Å². The fourth-order valence-electron chi connectivity index (χ4n) is 4.99. The molecule has 0 saturated heterocycles. The molecule has 1 heterocycles. The summed E-state index contributed by atoms with van der Waals surface area (Å²) < 4.78 is 0. The minimum Gasteiger partial charge on any atom is -0.371 e. The van der Waals surface area contributed by atoms with Crippen LogP contribution in [0.4, 0.5) is 5.69 Å². The molecule has 182 valence electrons. The Hall–Kier alpha value is -3.44. The van der Waals surface area contributed by atoms with E-state index in [1.54, 1.807) is 0 Å². The van der Waals surface area contributed by atoms with E-state index in [4.69, 9.17) is 4.84 Å². The molecule has 0 fully saturated rings. The van der Waals surface area contributed by atoms with Gasteiger partial charge in [-0.1, -0.05) is 106 Å². The van der Waals surface area contributed by atoms with Gasteiger partial charge in [-0.25, -0.2) is 5.06 Å². The van der Waals surface area contributed by atoms with Gasteiger partial charge >= 0.3 is 0 Å². The van der Waals surface area contributed by atoms with Crippen LogP contribution in [0.1, 0.15) is 73.5 Å². The highest BCUT2D eigenvalue weighted by Crippen LogP contribution is 2.41. The molecule has 4 rings (SSSR count). The van der Waals surface area contributed by atoms with Crippen molar-refractivity contribution in [2.45, 2.75) is 64.1 Å². The lowest BCUT2D eigenvalue weighted by Crippen LogP contribution is -2.53. The zero-order chi connectivity index (χ0) is 24.7. The van der Waals surface area contributed by atoms with Crippen LogP contribution in [0, 0.1) is 0 Å². The Morgan fingerprint density at radius 1 is 0.886 bits per heavy atom. The molecule has 3 aromatic carbocycles. The topological polar surface area (TPSA) is 58.6 Å². The van der Waals surface area contributed by atoms with Gasteiger partial charge in [-0.05, 0) is 24.5 Å². The number of nitrogens with zero attached hydrogens (tertiary/aromatic N) is 1. The third kappa shape index (κ3) is 5.46. The minimum atomic E-state index is -0.791. The van der Waals surface area contributed by atoms with Crippen LogP contribution in [-0.2, 0) is 16.2 Å². The monoisotopic (exact) mass is 470 g/mol. The molecular weight excluding hydrogens is 436 g/mol. The number of hydroxylamine groups is 2. The van der Waals surface area contributed by atoms with E-state index < -0.39 is 11.6 Å². The summed E-state index contributed by atoms with van der Waals surface area (Å²) in [6.45, 7) is 4.43. The van der Waals surface area contributed by atoms with Gasteiger partial charge < -0.3 is 5.32 Å². The lowest BCUT2D eigenvalue weighted by atomic mass is 9.87. The molecule has 0 bridgehead atoms. The molecule has 1 N–H and O–H groups in total. The summed E-state index contributed by atoms with van der Waals surface area (Å²) in [4.78, 5) is 34.0. The largest absolute Gasteiger partial charge is 0.371 e. The number of hydrogen-bond donors (Lipinski definition) is 1. The van der Waals surface area contributed by atoms with Crippen molar-refractivity contribution in [1.29, 1.82) is 0 Å². The van der Waals surface area contributed by atoms with E-state index in [2.05, 4.69) is 19.2 Å². The Morgan fingerprint density at radius 3 is 2.14 bits per heavy atom. The third-order valence-electron chi connectivity index (χ3n) is 6.63. The van der Waals surface area contributed by atoms with Crippen LogP contribution in [0.25, 0.3) is 0 Å². The van der Waals surface area contributed by atoms with Crippen LogP contribution in [0.2, 0.25) is 0 Å². The molecule has 0 radical (unpaired) electrons. The van der Waals surface area contributed by atoms with Crippen LogP contribution >= 0.6 is 0 Å². The quantitative estimate of drug-likeness (QED) is 0.334. The average Bonchev–Trinajstić information content (AvgIpc) is 2.98. The summed E-state index contributed by atoms with van der Waals surface area (Å²) >= 11 is 0. The van der Waals surface area contributed by atoms with Gasteiger partial charge in [0.1, 0.15) is 12.1 Å². The van der Waals surface area contributed by atoms with Gasteiger partial charge in [0, 0.05) is 23.2 Å². The fraction of sp³-hybridized carbons (Fsp3) is 0.333. The lowest BCUT2D eigenvalue weighted by Gasteiger charge is -2.37. The van der Waals surface area contributed by atoms with Crippen molar-refractivity contribution in [2.75, 3.05) is 5.32 Å². The van der Waals surface area contributed by atoms with Crippen molar-refractivity contribution in [3.05, 3.63) is 102 Å². The SMILES string of the molecule is CCCC1(CCC)Nc2ccccc2C(CC(=O)c2ccccc2)N(OCc2ccccc2)C1=O. The van der Waals surface area contributed by atoms with Crippen LogP contribution in [-0.4, -0.2) is 22.3 Å². The number of fused-ring (bicyclic) bond motifs is 1. The van der Waals surface area contributed by atoms with Crippen molar-refractivity contribution in [3.63, 3.8) is 0 Å². The van der Waals surface area contributed by atoms with Crippen LogP contribution in [0.5, 0.6) is 0 Å². The number of carbonyl (C=O) groups excluding carboxylic acids is 2. The predicted molar refractivity (Wildman–Crippen MR) is 139 cm³/mol. The number of benzene rings is 3. The van der Waals surface area contributed by atoms with Gasteiger partial charge in [-0.3, -0.25) is 14.4 Å². The molecule has 0 spiro atoms. The van der Waals surface area contributed by atoms with E-state index in [1.807, 2.05) is 84.9 Å². The molecule has 1 aliphatic rings. The smallest absolute Gasteiger partial charge is 0.272 e. The molecule has 1 aliphatic heterocycles. The molecule has 0 aromatic heterocycles. The predicted octanol–water partition coefficient (Wildman–Crippen LogP) is 6.73. The maximum atomic E-state index is 14.3. The number of carbonyl (C=O) groups is 2. The summed E-state index contributed by atoms with van der Waals surface area (Å²) in [5.41, 5.74) is 2.59. The van der Waals surface area contributed by atoms with E-state index in [0.717, 1.165) is 29.7 Å². The molecule has 1 amide bonds. The highest BCUT2D eigenvalue weighted by Gasteiger charge is 2.47. The number of anilines is 1. The van der Waals surface area contributed by atoms with Gasteiger partial charge in [0.2, 0.25) is 0 Å². The number of nitrogens with one attached hydrogen (secondary N) is 1. The molecule has 0 aliphatic carbocycles. The molecule has 5 heteroatoms. The fourth-order valence-corrected chi connectivity index (χ4v) is 4.99. The van der Waals surface area contributed by atoms with E-state index >= 15 is 0 Å². The van der Waals surface area contributed by atoms with E-state index in [9.17, 15) is 9.59 Å². The van der Waals surface area contributed by atoms with Crippen LogP contribution in [0.3, 0.4) is 0 Å². The summed E-state index contributed by atoms with van der Waals surface area (Å²) in [5, 5.41) is 5.11. The molecule has 35 heavy (non-hydrogen) atoms. The Bertz CT molecular complexity index is 1120. The summed E-state index contributed by atoms with van der Waals surface area (Å²) in [7, 11) is 0. The van der Waals surface area contributed by atoms with Crippen LogP contribution < -0.4 is 5.32 Å². The molecule has 0 saturated carbocycles. The first kappa shape index (κ1) is 24.7. The first-order chi connectivity index (χ1) is 17.1. The second kappa shape index (κ2) is 11.3. The number of rotatable bonds is 10. The maximum absolute atomic E-state index is 14.3. The normalized spacial score (nSPS) is 16.8. The van der Waals surface area contributed by atoms with E-state index in [-0.39, 0.29) is 24.7 Å². The zero-order valence-corrected chi connectivity index (χ0v) is 20.6. The maximum Gasteiger partial charge on any atom is 0.272 e. The number of para-hydroxylation sites is 1. The molecule has 1 atom stereocenters. The van der Waals surface area contributed by atoms with Gasteiger partial charge in [0.15, 0.2) is 5.78 Å². The number of Topliss-reactive ketones (excluding diaryl/α,β-unsaturated/α-hetero) is 1. The van der Waals surface area contributed by atoms with Crippen molar-refractivity contribution in [1.82, 2.24) is 5.06 Å². The number of hydrogen-bond acceptors (Lipinski definition) is 4. The van der Waals surface area contributed by atoms with Crippen LogP contribution in [0.15, 0.2) is 84.9 Å². The molecule has 1 unspecified atom stereocenters. The highest BCUT2D eigenvalue weighted by atomic mass is 16.7. The molecular formula is C30H34N2O3. The van der Waals surface area contributed by atoms with Crippen molar-refractivity contribution >= 4 is 17.4 Å². The number of ketones is 1. The first-order valence-electron chi connectivity index (χ1n) is 12.5. The Morgan fingerprint density at radius 2 is 1.49 bits per heavy atom. The summed E-state index contributed by atoms with van der Waals surface area (Å²) in [5.74, 6) is -0.135. The first-order valence-corrected chi connectivity index (χ1v) is 12.5. The van der Waals surface area contributed by atoms with Gasteiger partial charge in [0.05, 0.1) is 6.04 Å². The third-order valence-corrected chi connectivity index (χ3v) is 6.63. The zero-order valence-electron chi connectivity index (χ0n) is 20.6. The Labute approximate surface area is 208 Å². The highest BCUT2D eigenvalue weighted by molar-refractivity contribution is 5.98. The van der Waals surface area contributed by atoms with Gasteiger partial charge in [-0.15, -0.1) is 0 Å². The molecule has 3 aromatic rings. The molecule has 5 nitrogen and oxygen atoms in total. The van der Waals surface area contributed by atoms with E-state index in [0.29, 0.717) is 18.4 Å². The second-order valence-electron chi connectivity index (χ2n) is 9.19. The Kier molecular flexibility index (Phi) is 7.98. The Balaban J connectivity index is 1.77. The van der Waals surface area contributed by atoms with Crippen molar-refractivity contribution < 1.29 is 14.4 Å². The van der Waals surface area contributed by atoms with Crippen molar-refractivity contribution in [2.24, 2.45) is 0 Å². The number of amides is 1. The van der Waals surface area contributed by atoms with E-state index in [1.165, 1.54) is 5.06 Å². The summed E-state index contributed by atoms with van der Waals surface area (Å²) in [6, 6.07) is 26.4. The lowest BCUT2D eigenvalue weighted by molar-refractivity contribution is -0.211. The van der Waals surface area contributed by atoms with Gasteiger partial charge in [0.25, 0.3) is 5.91 Å². The summed E-state index contributed by atoms with van der Waals surface area (Å²) in [6.07, 6.45) is 3.19.